The number of hydrogen-bond donors (Lipinski definition) is 3. The maximum absolute atomic E-state index is 5.46. The highest BCUT2D eigenvalue weighted by Crippen LogP contribution is 2.27. The molecule has 0 fully saturated rings. The molecule has 0 bridgehead atoms. The van der Waals surface area contributed by atoms with Gasteiger partial charge in [-0.1, -0.05) is 13.8 Å². The quantitative estimate of drug-likeness (QED) is 0.538. The molecular formula is C14H24N6S. The number of nitrogens with one attached hydrogen (secondary N) is 2. The molecule has 21 heavy (non-hydrogen) atoms. The average molecular weight is 308 g/mol. The van der Waals surface area contributed by atoms with Crippen LogP contribution in [0.4, 0.5) is 11.8 Å². The number of hydrogen-bond acceptors (Lipinski definition) is 7. The Bertz CT molecular complexity index is 570. The van der Waals surface area contributed by atoms with Crippen LogP contribution in [0, 0.1) is 5.92 Å². The van der Waals surface area contributed by atoms with E-state index in [-0.39, 0.29) is 0 Å². The first-order valence-corrected chi connectivity index (χ1v) is 8.00. The number of aromatic nitrogens is 2. The Hall–Kier alpha value is -1.44. The molecule has 0 saturated carbocycles. The third kappa shape index (κ3) is 4.26. The van der Waals surface area contributed by atoms with Gasteiger partial charge in [0, 0.05) is 12.6 Å². The Kier molecular flexibility index (Phi) is 5.33. The summed E-state index contributed by atoms with van der Waals surface area (Å²) < 4.78 is 0. The van der Waals surface area contributed by atoms with E-state index in [1.54, 1.807) is 11.3 Å². The van der Waals surface area contributed by atoms with E-state index in [9.17, 15) is 0 Å². The summed E-state index contributed by atoms with van der Waals surface area (Å²) in [4.78, 5) is 12.0. The molecule has 0 aromatic carbocycles. The van der Waals surface area contributed by atoms with Crippen LogP contribution < -0.4 is 16.6 Å². The largest absolute Gasteiger partial charge is 0.365 e. The molecule has 0 radical (unpaired) electrons. The molecule has 1 atom stereocenters. The van der Waals surface area contributed by atoms with Crippen LogP contribution in [-0.4, -0.2) is 41.5 Å². The van der Waals surface area contributed by atoms with Gasteiger partial charge < -0.3 is 10.2 Å². The Morgan fingerprint density at radius 1 is 1.33 bits per heavy atom. The lowest BCUT2D eigenvalue weighted by Crippen LogP contribution is -2.34. The van der Waals surface area contributed by atoms with E-state index in [0.717, 1.165) is 29.0 Å². The first-order valence-electron chi connectivity index (χ1n) is 7.12. The fourth-order valence-corrected chi connectivity index (χ4v) is 3.18. The second-order valence-electron chi connectivity index (χ2n) is 5.91. The molecule has 2 aromatic rings. The van der Waals surface area contributed by atoms with E-state index in [0.29, 0.717) is 17.9 Å². The Labute approximate surface area is 129 Å². The lowest BCUT2D eigenvalue weighted by Gasteiger charge is -2.24. The highest BCUT2D eigenvalue weighted by atomic mass is 32.1. The van der Waals surface area contributed by atoms with Gasteiger partial charge in [0.05, 0.1) is 5.39 Å². The van der Waals surface area contributed by atoms with Crippen LogP contribution >= 0.6 is 11.3 Å². The van der Waals surface area contributed by atoms with Gasteiger partial charge in [-0.15, -0.1) is 11.3 Å². The van der Waals surface area contributed by atoms with Gasteiger partial charge in [-0.2, -0.15) is 4.98 Å². The van der Waals surface area contributed by atoms with Gasteiger partial charge in [0.15, 0.2) is 0 Å². The molecule has 0 aliphatic heterocycles. The van der Waals surface area contributed by atoms with Crippen molar-refractivity contribution < 1.29 is 0 Å². The minimum Gasteiger partial charge on any atom is -0.365 e. The Morgan fingerprint density at radius 3 is 2.71 bits per heavy atom. The van der Waals surface area contributed by atoms with Crippen LogP contribution in [0.5, 0.6) is 0 Å². The summed E-state index contributed by atoms with van der Waals surface area (Å²) in [6, 6.07) is 2.38. The molecule has 0 amide bonds. The fraction of sp³-hybridized carbons (Fsp3) is 0.571. The molecule has 2 aromatic heterocycles. The summed E-state index contributed by atoms with van der Waals surface area (Å²) in [5, 5.41) is 6.63. The third-order valence-corrected chi connectivity index (χ3v) is 3.94. The van der Waals surface area contributed by atoms with Gasteiger partial charge in [-0.25, -0.2) is 10.8 Å². The zero-order chi connectivity index (χ0) is 15.4. The zero-order valence-corrected chi connectivity index (χ0v) is 13.9. The molecule has 0 saturated heterocycles. The van der Waals surface area contributed by atoms with Crippen LogP contribution in [0.25, 0.3) is 10.2 Å². The normalized spacial score (nSPS) is 13.1. The van der Waals surface area contributed by atoms with Crippen molar-refractivity contribution in [2.24, 2.45) is 11.8 Å². The number of anilines is 2. The van der Waals surface area contributed by atoms with Crippen molar-refractivity contribution in [3.05, 3.63) is 11.4 Å². The monoisotopic (exact) mass is 308 g/mol. The minimum absolute atomic E-state index is 0.337. The highest BCUT2D eigenvalue weighted by molar-refractivity contribution is 7.16. The first-order chi connectivity index (χ1) is 9.99. The number of likely N-dealkylation sites (N-methyl/N-ethyl adjacent to an activating group) is 1. The molecule has 2 rings (SSSR count). The smallest absolute Gasteiger partial charge is 0.240 e. The number of fused-ring (bicyclic) bond motifs is 1. The SMILES string of the molecule is CC(C)CC(CN(C)C)Nc1nc(NN)nc2sccc12. The van der Waals surface area contributed by atoms with Gasteiger partial charge >= 0.3 is 0 Å². The Morgan fingerprint density at radius 2 is 2.10 bits per heavy atom. The summed E-state index contributed by atoms with van der Waals surface area (Å²) in [7, 11) is 4.17. The topological polar surface area (TPSA) is 79.1 Å². The van der Waals surface area contributed by atoms with E-state index >= 15 is 0 Å². The number of nitrogen functional groups attached to an aromatic ring is 1. The molecule has 6 nitrogen and oxygen atoms in total. The van der Waals surface area contributed by atoms with Crippen molar-refractivity contribution in [2.45, 2.75) is 26.3 Å². The van der Waals surface area contributed by atoms with Crippen LogP contribution in [-0.2, 0) is 0 Å². The van der Waals surface area contributed by atoms with Crippen LogP contribution in [0.15, 0.2) is 11.4 Å². The van der Waals surface area contributed by atoms with Crippen molar-refractivity contribution >= 4 is 33.3 Å². The Balaban J connectivity index is 2.28. The first kappa shape index (κ1) is 15.9. The molecular weight excluding hydrogens is 284 g/mol. The number of nitrogens with zero attached hydrogens (tertiary/aromatic N) is 3. The summed E-state index contributed by atoms with van der Waals surface area (Å²) in [6.45, 7) is 5.42. The van der Waals surface area contributed by atoms with E-state index in [4.69, 9.17) is 5.84 Å². The van der Waals surface area contributed by atoms with Gasteiger partial charge in [0.2, 0.25) is 5.95 Å². The van der Waals surface area contributed by atoms with Crippen molar-refractivity contribution in [3.63, 3.8) is 0 Å². The highest BCUT2D eigenvalue weighted by Gasteiger charge is 2.16. The number of hydrazine groups is 1. The number of nitrogens with two attached hydrogens (primary N) is 1. The van der Waals surface area contributed by atoms with Crippen LogP contribution in [0.1, 0.15) is 20.3 Å². The zero-order valence-electron chi connectivity index (χ0n) is 13.1. The average Bonchev–Trinajstić information content (AvgIpc) is 2.85. The lowest BCUT2D eigenvalue weighted by molar-refractivity contribution is 0.356. The van der Waals surface area contributed by atoms with Gasteiger partial charge in [-0.05, 0) is 37.9 Å². The van der Waals surface area contributed by atoms with Crippen molar-refractivity contribution in [2.75, 3.05) is 31.4 Å². The van der Waals surface area contributed by atoms with Crippen molar-refractivity contribution in [1.29, 1.82) is 0 Å². The van der Waals surface area contributed by atoms with Crippen molar-refractivity contribution in [3.8, 4) is 0 Å². The van der Waals surface area contributed by atoms with Gasteiger partial charge in [-0.3, -0.25) is 5.43 Å². The molecule has 2 heterocycles. The summed E-state index contributed by atoms with van der Waals surface area (Å²) >= 11 is 1.59. The second kappa shape index (κ2) is 7.02. The van der Waals surface area contributed by atoms with Crippen LogP contribution in [0.3, 0.4) is 0 Å². The molecule has 116 valence electrons. The number of thiophene rings is 1. The van der Waals surface area contributed by atoms with E-state index in [2.05, 4.69) is 53.6 Å². The maximum atomic E-state index is 5.46. The van der Waals surface area contributed by atoms with Gasteiger partial charge in [0.1, 0.15) is 10.6 Å². The fourth-order valence-electron chi connectivity index (χ4n) is 2.41. The third-order valence-electron chi connectivity index (χ3n) is 3.14. The maximum Gasteiger partial charge on any atom is 0.240 e. The summed E-state index contributed by atoms with van der Waals surface area (Å²) in [5.74, 6) is 7.38. The lowest BCUT2D eigenvalue weighted by atomic mass is 10.0. The minimum atomic E-state index is 0.337. The molecule has 0 aliphatic rings. The molecule has 4 N–H and O–H groups in total. The van der Waals surface area contributed by atoms with E-state index in [1.165, 1.54) is 0 Å². The summed E-state index contributed by atoms with van der Waals surface area (Å²) in [6.07, 6.45) is 1.08. The molecule has 7 heteroatoms. The second-order valence-corrected chi connectivity index (χ2v) is 6.81. The molecule has 1 unspecified atom stereocenters. The molecule has 0 aliphatic carbocycles. The predicted molar refractivity (Wildman–Crippen MR) is 90.6 cm³/mol. The standard InChI is InChI=1S/C14H24N6S/c1-9(2)7-10(8-20(3)4)16-12-11-5-6-21-13(11)18-14(17-12)19-15/h5-6,9-10H,7-8,15H2,1-4H3,(H2,16,17,18,19). The van der Waals surface area contributed by atoms with Crippen LogP contribution in [0.2, 0.25) is 0 Å². The molecule has 0 spiro atoms. The predicted octanol–water partition coefficient (Wildman–Crippen LogP) is 2.37. The summed E-state index contributed by atoms with van der Waals surface area (Å²) in [5.41, 5.74) is 2.54. The number of rotatable bonds is 7. The van der Waals surface area contributed by atoms with Gasteiger partial charge in [0.25, 0.3) is 0 Å². The van der Waals surface area contributed by atoms with E-state index in [1.807, 2.05) is 11.4 Å². The van der Waals surface area contributed by atoms with E-state index < -0.39 is 0 Å². The van der Waals surface area contributed by atoms with Crippen molar-refractivity contribution in [1.82, 2.24) is 14.9 Å².